The van der Waals surface area contributed by atoms with Crippen LogP contribution in [0.15, 0.2) is 60.0 Å². The van der Waals surface area contributed by atoms with E-state index in [1.807, 2.05) is 23.6 Å². The van der Waals surface area contributed by atoms with Crippen LogP contribution in [0.1, 0.15) is 57.3 Å². The van der Waals surface area contributed by atoms with Gasteiger partial charge in [0.25, 0.3) is 5.56 Å². The van der Waals surface area contributed by atoms with E-state index in [0.717, 1.165) is 43.4 Å². The van der Waals surface area contributed by atoms with Crippen molar-refractivity contribution < 1.29 is 9.59 Å². The number of piperazine rings is 1. The topological polar surface area (TPSA) is 104 Å². The molecule has 0 spiro atoms. The van der Waals surface area contributed by atoms with Crippen molar-refractivity contribution in [1.29, 1.82) is 0 Å². The highest BCUT2D eigenvalue weighted by atomic mass is 16.2. The third-order valence-electron chi connectivity index (χ3n) is 7.89. The van der Waals surface area contributed by atoms with E-state index in [4.69, 9.17) is 0 Å². The second-order valence-electron chi connectivity index (χ2n) is 11.2. The molecule has 1 aliphatic heterocycles. The Morgan fingerprint density at radius 2 is 1.76 bits per heavy atom. The van der Waals surface area contributed by atoms with Crippen molar-refractivity contribution in [2.75, 3.05) is 51.1 Å². The fourth-order valence-corrected chi connectivity index (χ4v) is 5.34. The van der Waals surface area contributed by atoms with Crippen molar-refractivity contribution >= 4 is 28.8 Å². The molecule has 1 aromatic carbocycles. The first-order valence-corrected chi connectivity index (χ1v) is 14.8. The minimum atomic E-state index is -0.0751. The van der Waals surface area contributed by atoms with Crippen LogP contribution in [0.2, 0.25) is 0 Å². The van der Waals surface area contributed by atoms with Gasteiger partial charge in [-0.3, -0.25) is 23.9 Å². The molecule has 3 aromatic rings. The van der Waals surface area contributed by atoms with Gasteiger partial charge in [0, 0.05) is 76.4 Å². The number of aromatic nitrogens is 3. The van der Waals surface area contributed by atoms with Crippen LogP contribution >= 0.6 is 0 Å². The average Bonchev–Trinajstić information content (AvgIpc) is 2.98. The lowest BCUT2D eigenvalue weighted by Gasteiger charge is -2.35. The van der Waals surface area contributed by atoms with Crippen LogP contribution < -0.4 is 10.9 Å². The van der Waals surface area contributed by atoms with E-state index < -0.39 is 0 Å². The minimum absolute atomic E-state index is 0.00640. The molecule has 224 valence electrons. The zero-order valence-electron chi connectivity index (χ0n) is 25.3. The van der Waals surface area contributed by atoms with E-state index in [9.17, 15) is 14.4 Å². The summed E-state index contributed by atoms with van der Waals surface area (Å²) in [7, 11) is 0. The Morgan fingerprint density at radius 1 is 1.05 bits per heavy atom. The van der Waals surface area contributed by atoms with Gasteiger partial charge >= 0.3 is 0 Å². The van der Waals surface area contributed by atoms with Gasteiger partial charge in [-0.25, -0.2) is 4.98 Å². The second kappa shape index (κ2) is 14.2. The number of rotatable bonds is 12. The maximum Gasteiger partial charge on any atom is 0.252 e. The number of amides is 2. The van der Waals surface area contributed by atoms with Crippen LogP contribution in [0.3, 0.4) is 0 Å². The number of benzene rings is 1. The van der Waals surface area contributed by atoms with Crippen molar-refractivity contribution in [2.24, 2.45) is 0 Å². The minimum Gasteiger partial charge on any atom is -0.348 e. The van der Waals surface area contributed by atoms with Gasteiger partial charge in [0.15, 0.2) is 0 Å². The van der Waals surface area contributed by atoms with Gasteiger partial charge in [-0.05, 0) is 56.9 Å². The van der Waals surface area contributed by atoms with Crippen molar-refractivity contribution in [3.8, 4) is 0 Å². The highest BCUT2D eigenvalue weighted by Gasteiger charge is 2.20. The molecule has 0 radical (unpaired) electrons. The molecule has 10 heteroatoms. The molecule has 10 nitrogen and oxygen atoms in total. The van der Waals surface area contributed by atoms with Crippen molar-refractivity contribution in [3.63, 3.8) is 0 Å². The van der Waals surface area contributed by atoms with Crippen LogP contribution in [-0.4, -0.2) is 86.9 Å². The molecule has 0 unspecified atom stereocenters. The molecule has 1 N–H and O–H groups in total. The lowest BCUT2D eigenvalue weighted by atomic mass is 10.0. The molecule has 2 aromatic heterocycles. The van der Waals surface area contributed by atoms with E-state index in [1.165, 1.54) is 11.6 Å². The molecular weight excluding hydrogens is 530 g/mol. The molecule has 3 heterocycles. The first-order valence-electron chi connectivity index (χ1n) is 14.8. The van der Waals surface area contributed by atoms with Gasteiger partial charge in [0.1, 0.15) is 5.65 Å². The highest BCUT2D eigenvalue weighted by molar-refractivity contribution is 5.87. The number of anilines is 1. The highest BCUT2D eigenvalue weighted by Crippen LogP contribution is 2.20. The van der Waals surface area contributed by atoms with Crippen LogP contribution in [-0.2, 0) is 16.0 Å². The summed E-state index contributed by atoms with van der Waals surface area (Å²) in [5.41, 5.74) is 2.88. The van der Waals surface area contributed by atoms with Gasteiger partial charge in [-0.1, -0.05) is 30.8 Å². The number of carbonyl (C=O) groups is 2. The monoisotopic (exact) mass is 573 g/mol. The molecule has 1 saturated heterocycles. The Labute approximate surface area is 248 Å². The first kappa shape index (κ1) is 30.9. The molecule has 1 aliphatic rings. The summed E-state index contributed by atoms with van der Waals surface area (Å²) >= 11 is 0. The molecule has 0 aliphatic carbocycles. The standard InChI is InChI=1S/C32H43N7O3/c1-6-29(41)38-20-17-36(18-21-38)16-19-37(25(5)40)15-7-8-26-9-11-27(12-10-26)24(4)34-32-33-22-28-13-14-30(42)39(23(2)3)31(28)35-32/h6,9-14,22-24H,1,7-8,15-21H2,2-5H3,(H,33,34,35)/t24-/m0/s1. The number of pyridine rings is 1. The number of nitrogens with one attached hydrogen (secondary N) is 1. The maximum absolute atomic E-state index is 12.4. The summed E-state index contributed by atoms with van der Waals surface area (Å²) in [6.07, 6.45) is 4.88. The molecule has 1 fully saturated rings. The Morgan fingerprint density at radius 3 is 2.40 bits per heavy atom. The smallest absolute Gasteiger partial charge is 0.252 e. The normalized spacial score (nSPS) is 14.6. The summed E-state index contributed by atoms with van der Waals surface area (Å²) < 4.78 is 1.68. The summed E-state index contributed by atoms with van der Waals surface area (Å²) in [5, 5.41) is 4.20. The van der Waals surface area contributed by atoms with E-state index in [2.05, 4.69) is 58.0 Å². The molecule has 1 atom stereocenters. The fourth-order valence-electron chi connectivity index (χ4n) is 5.34. The average molecular weight is 574 g/mol. The third kappa shape index (κ3) is 7.82. The maximum atomic E-state index is 12.4. The quantitative estimate of drug-likeness (QED) is 0.330. The van der Waals surface area contributed by atoms with Crippen LogP contribution in [0, 0.1) is 0 Å². The largest absolute Gasteiger partial charge is 0.348 e. The Kier molecular flexibility index (Phi) is 10.5. The molecule has 0 saturated carbocycles. The molecule has 4 rings (SSSR count). The van der Waals surface area contributed by atoms with Gasteiger partial charge in [-0.2, -0.15) is 4.98 Å². The summed E-state index contributed by atoms with van der Waals surface area (Å²) in [6.45, 7) is 16.4. The van der Waals surface area contributed by atoms with E-state index >= 15 is 0 Å². The van der Waals surface area contributed by atoms with Crippen LogP contribution in [0.5, 0.6) is 0 Å². The number of hydrogen-bond acceptors (Lipinski definition) is 7. The van der Waals surface area contributed by atoms with Crippen LogP contribution in [0.25, 0.3) is 11.0 Å². The predicted octanol–water partition coefficient (Wildman–Crippen LogP) is 3.66. The van der Waals surface area contributed by atoms with Gasteiger partial charge in [0.05, 0.1) is 6.04 Å². The van der Waals surface area contributed by atoms with Crippen molar-refractivity contribution in [1.82, 2.24) is 29.2 Å². The Balaban J connectivity index is 1.26. The van der Waals surface area contributed by atoms with Crippen molar-refractivity contribution in [3.05, 3.63) is 76.7 Å². The summed E-state index contributed by atoms with van der Waals surface area (Å²) in [6, 6.07) is 11.8. The number of fused-ring (bicyclic) bond motifs is 1. The predicted molar refractivity (Wildman–Crippen MR) is 166 cm³/mol. The first-order chi connectivity index (χ1) is 20.2. The molecular formula is C32H43N7O3. The van der Waals surface area contributed by atoms with E-state index in [-0.39, 0.29) is 29.5 Å². The Bertz CT molecular complexity index is 1440. The fraction of sp³-hybridized carbons (Fsp3) is 0.469. The third-order valence-corrected chi connectivity index (χ3v) is 7.89. The lowest BCUT2D eigenvalue weighted by molar-refractivity contribution is -0.129. The number of hydrogen-bond donors (Lipinski definition) is 1. The van der Waals surface area contributed by atoms with Gasteiger partial charge in [0.2, 0.25) is 17.8 Å². The van der Waals surface area contributed by atoms with E-state index in [0.29, 0.717) is 37.8 Å². The zero-order valence-corrected chi connectivity index (χ0v) is 25.3. The molecule has 0 bridgehead atoms. The lowest BCUT2D eigenvalue weighted by Crippen LogP contribution is -2.50. The molecule has 42 heavy (non-hydrogen) atoms. The number of nitrogens with zero attached hydrogens (tertiary/aromatic N) is 6. The number of aryl methyl sites for hydroxylation is 1. The summed E-state index contributed by atoms with van der Waals surface area (Å²) in [5.74, 6) is 0.555. The molecule has 2 amide bonds. The Hall–Kier alpha value is -4.05. The van der Waals surface area contributed by atoms with Crippen LogP contribution in [0.4, 0.5) is 5.95 Å². The zero-order chi connectivity index (χ0) is 30.2. The van der Waals surface area contributed by atoms with Gasteiger partial charge in [-0.15, -0.1) is 0 Å². The summed E-state index contributed by atoms with van der Waals surface area (Å²) in [4.78, 5) is 51.6. The SMILES string of the molecule is C=CC(=O)N1CCN(CCN(CCCc2ccc([C@H](C)Nc3ncc4ccc(=O)n(C(C)C)c4n3)cc2)C(C)=O)CC1. The van der Waals surface area contributed by atoms with Crippen molar-refractivity contribution in [2.45, 2.75) is 52.6 Å². The van der Waals surface area contributed by atoms with E-state index in [1.54, 1.807) is 29.8 Å². The second-order valence-corrected chi connectivity index (χ2v) is 11.2. The number of carbonyl (C=O) groups excluding carboxylic acids is 2. The van der Waals surface area contributed by atoms with Gasteiger partial charge < -0.3 is 15.1 Å².